The van der Waals surface area contributed by atoms with Crippen LogP contribution in [0.3, 0.4) is 0 Å². The third kappa shape index (κ3) is 2.96. The summed E-state index contributed by atoms with van der Waals surface area (Å²) in [5, 5.41) is 0. The predicted octanol–water partition coefficient (Wildman–Crippen LogP) is 0.614. The van der Waals surface area contributed by atoms with Gasteiger partial charge in [0.2, 0.25) is 0 Å². The number of amides is 2. The number of allylic oxidation sites excluding steroid dienone is 1. The summed E-state index contributed by atoms with van der Waals surface area (Å²) in [7, 11) is 0. The second-order valence-electron chi connectivity index (χ2n) is 4.52. The Kier molecular flexibility index (Phi) is 3.89. The van der Waals surface area contributed by atoms with E-state index in [1.807, 2.05) is 6.08 Å². The SMILES string of the molecule is C=CC1CCN(C(=O)c2cnc(C(N)=O)cn2)CC1. The maximum absolute atomic E-state index is 12.2. The summed E-state index contributed by atoms with van der Waals surface area (Å²) in [6.45, 7) is 5.15. The smallest absolute Gasteiger partial charge is 0.274 e. The molecule has 0 saturated carbocycles. The van der Waals surface area contributed by atoms with E-state index in [0.717, 1.165) is 12.8 Å². The van der Waals surface area contributed by atoms with Crippen LogP contribution in [0.1, 0.15) is 33.8 Å². The van der Waals surface area contributed by atoms with Gasteiger partial charge in [-0.25, -0.2) is 9.97 Å². The number of nitrogens with zero attached hydrogens (tertiary/aromatic N) is 3. The van der Waals surface area contributed by atoms with Crippen molar-refractivity contribution in [3.8, 4) is 0 Å². The molecule has 1 aliphatic heterocycles. The number of primary amides is 1. The lowest BCUT2D eigenvalue weighted by Gasteiger charge is -2.30. The predicted molar refractivity (Wildman–Crippen MR) is 69.4 cm³/mol. The van der Waals surface area contributed by atoms with Gasteiger partial charge in [0, 0.05) is 13.1 Å². The van der Waals surface area contributed by atoms with Crippen molar-refractivity contribution in [2.45, 2.75) is 12.8 Å². The molecule has 0 aliphatic carbocycles. The van der Waals surface area contributed by atoms with Crippen LogP contribution in [0.5, 0.6) is 0 Å². The maximum atomic E-state index is 12.2. The van der Waals surface area contributed by atoms with Gasteiger partial charge >= 0.3 is 0 Å². The van der Waals surface area contributed by atoms with Crippen molar-refractivity contribution in [3.05, 3.63) is 36.4 Å². The van der Waals surface area contributed by atoms with Gasteiger partial charge in [0.05, 0.1) is 12.4 Å². The number of piperidine rings is 1. The van der Waals surface area contributed by atoms with Crippen molar-refractivity contribution >= 4 is 11.8 Å². The van der Waals surface area contributed by atoms with E-state index in [2.05, 4.69) is 16.5 Å². The number of nitrogens with two attached hydrogens (primary N) is 1. The minimum atomic E-state index is -0.654. The van der Waals surface area contributed by atoms with E-state index in [1.54, 1.807) is 4.90 Å². The molecule has 0 atom stereocenters. The Morgan fingerprint density at radius 2 is 1.84 bits per heavy atom. The number of carbonyl (C=O) groups is 2. The molecule has 2 amide bonds. The van der Waals surface area contributed by atoms with Gasteiger partial charge in [-0.05, 0) is 18.8 Å². The number of rotatable bonds is 3. The van der Waals surface area contributed by atoms with Crippen LogP contribution in [0.25, 0.3) is 0 Å². The van der Waals surface area contributed by atoms with Crippen molar-refractivity contribution in [1.29, 1.82) is 0 Å². The number of likely N-dealkylation sites (tertiary alicyclic amines) is 1. The van der Waals surface area contributed by atoms with Crippen LogP contribution in [0.2, 0.25) is 0 Å². The van der Waals surface area contributed by atoms with Crippen molar-refractivity contribution in [2.75, 3.05) is 13.1 Å². The van der Waals surface area contributed by atoms with Gasteiger partial charge in [0.25, 0.3) is 11.8 Å². The lowest BCUT2D eigenvalue weighted by Crippen LogP contribution is -2.38. The Hall–Kier alpha value is -2.24. The normalized spacial score (nSPS) is 16.1. The summed E-state index contributed by atoms with van der Waals surface area (Å²) in [6, 6.07) is 0. The fourth-order valence-corrected chi connectivity index (χ4v) is 2.07. The molecule has 2 rings (SSSR count). The van der Waals surface area contributed by atoms with E-state index in [4.69, 9.17) is 5.73 Å². The summed E-state index contributed by atoms with van der Waals surface area (Å²) in [6.07, 6.45) is 6.29. The van der Waals surface area contributed by atoms with Crippen molar-refractivity contribution in [3.63, 3.8) is 0 Å². The van der Waals surface area contributed by atoms with Crippen molar-refractivity contribution in [2.24, 2.45) is 11.7 Å². The van der Waals surface area contributed by atoms with E-state index in [9.17, 15) is 9.59 Å². The van der Waals surface area contributed by atoms with Gasteiger partial charge < -0.3 is 10.6 Å². The molecular formula is C13H16N4O2. The second kappa shape index (κ2) is 5.60. The van der Waals surface area contributed by atoms with Crippen LogP contribution in [0.4, 0.5) is 0 Å². The summed E-state index contributed by atoms with van der Waals surface area (Å²) in [5.41, 5.74) is 5.36. The first-order valence-electron chi connectivity index (χ1n) is 6.15. The number of hydrogen-bond donors (Lipinski definition) is 1. The van der Waals surface area contributed by atoms with Crippen LogP contribution in [0, 0.1) is 5.92 Å². The molecule has 0 aromatic carbocycles. The molecule has 0 unspecified atom stereocenters. The highest BCUT2D eigenvalue weighted by Gasteiger charge is 2.23. The highest BCUT2D eigenvalue weighted by molar-refractivity contribution is 5.93. The Morgan fingerprint density at radius 3 is 2.32 bits per heavy atom. The molecule has 100 valence electrons. The Balaban J connectivity index is 2.04. The lowest BCUT2D eigenvalue weighted by molar-refractivity contribution is 0.0698. The Morgan fingerprint density at radius 1 is 1.26 bits per heavy atom. The molecule has 6 heteroatoms. The van der Waals surface area contributed by atoms with Crippen LogP contribution in [-0.2, 0) is 0 Å². The second-order valence-corrected chi connectivity index (χ2v) is 4.52. The molecule has 1 aromatic heterocycles. The van der Waals surface area contributed by atoms with Crippen LogP contribution < -0.4 is 5.73 Å². The van der Waals surface area contributed by atoms with E-state index in [1.165, 1.54) is 12.4 Å². The van der Waals surface area contributed by atoms with E-state index < -0.39 is 5.91 Å². The van der Waals surface area contributed by atoms with E-state index in [0.29, 0.717) is 19.0 Å². The number of hydrogen-bond acceptors (Lipinski definition) is 4. The highest BCUT2D eigenvalue weighted by atomic mass is 16.2. The van der Waals surface area contributed by atoms with Gasteiger partial charge in [-0.3, -0.25) is 9.59 Å². The topological polar surface area (TPSA) is 89.2 Å². The van der Waals surface area contributed by atoms with Gasteiger partial charge in [0.1, 0.15) is 11.4 Å². The van der Waals surface area contributed by atoms with Crippen molar-refractivity contribution in [1.82, 2.24) is 14.9 Å². The molecule has 2 heterocycles. The third-order valence-corrected chi connectivity index (χ3v) is 3.28. The molecule has 1 aliphatic rings. The molecule has 1 fully saturated rings. The summed E-state index contributed by atoms with van der Waals surface area (Å²) in [4.78, 5) is 32.5. The van der Waals surface area contributed by atoms with E-state index >= 15 is 0 Å². The van der Waals surface area contributed by atoms with Gasteiger partial charge in [-0.15, -0.1) is 6.58 Å². The minimum Gasteiger partial charge on any atom is -0.364 e. The largest absolute Gasteiger partial charge is 0.364 e. The summed E-state index contributed by atoms with van der Waals surface area (Å²) in [5.74, 6) is -0.336. The Labute approximate surface area is 111 Å². The first-order chi connectivity index (χ1) is 9.11. The van der Waals surface area contributed by atoms with E-state index in [-0.39, 0.29) is 17.3 Å². The average Bonchev–Trinajstić information content (AvgIpc) is 2.46. The number of carbonyl (C=O) groups excluding carboxylic acids is 2. The van der Waals surface area contributed by atoms with Crippen LogP contribution >= 0.6 is 0 Å². The summed E-state index contributed by atoms with van der Waals surface area (Å²) < 4.78 is 0. The molecule has 0 radical (unpaired) electrons. The molecule has 0 bridgehead atoms. The zero-order valence-corrected chi connectivity index (χ0v) is 10.6. The monoisotopic (exact) mass is 260 g/mol. The molecule has 2 N–H and O–H groups in total. The highest BCUT2D eigenvalue weighted by Crippen LogP contribution is 2.18. The summed E-state index contributed by atoms with van der Waals surface area (Å²) >= 11 is 0. The molecule has 1 aromatic rings. The van der Waals surface area contributed by atoms with Gasteiger partial charge in [-0.2, -0.15) is 0 Å². The van der Waals surface area contributed by atoms with Gasteiger partial charge in [-0.1, -0.05) is 6.08 Å². The fourth-order valence-electron chi connectivity index (χ4n) is 2.07. The fraction of sp³-hybridized carbons (Fsp3) is 0.385. The maximum Gasteiger partial charge on any atom is 0.274 e. The average molecular weight is 260 g/mol. The number of aromatic nitrogens is 2. The van der Waals surface area contributed by atoms with Crippen molar-refractivity contribution < 1.29 is 9.59 Å². The standard InChI is InChI=1S/C13H16N4O2/c1-2-9-3-5-17(6-4-9)13(19)11-8-15-10(7-16-11)12(14)18/h2,7-9H,1,3-6H2,(H2,14,18). The molecule has 6 nitrogen and oxygen atoms in total. The first-order valence-corrected chi connectivity index (χ1v) is 6.15. The first kappa shape index (κ1) is 13.2. The minimum absolute atomic E-state index is 0.0573. The molecule has 1 saturated heterocycles. The Bertz CT molecular complexity index is 490. The molecule has 0 spiro atoms. The molecule has 19 heavy (non-hydrogen) atoms. The van der Waals surface area contributed by atoms with Gasteiger partial charge in [0.15, 0.2) is 0 Å². The molecular weight excluding hydrogens is 244 g/mol. The lowest BCUT2D eigenvalue weighted by atomic mass is 9.97. The quantitative estimate of drug-likeness (QED) is 0.806. The van der Waals surface area contributed by atoms with Crippen LogP contribution in [0.15, 0.2) is 25.0 Å². The zero-order chi connectivity index (χ0) is 13.8. The van der Waals surface area contributed by atoms with Crippen LogP contribution in [-0.4, -0.2) is 39.8 Å². The third-order valence-electron chi connectivity index (χ3n) is 3.28. The zero-order valence-electron chi connectivity index (χ0n) is 10.6.